The van der Waals surface area contributed by atoms with Gasteiger partial charge in [0, 0.05) is 17.1 Å². The van der Waals surface area contributed by atoms with E-state index in [0.29, 0.717) is 26.3 Å². The smallest absolute Gasteiger partial charge is 0.338 e. The summed E-state index contributed by atoms with van der Waals surface area (Å²) in [6, 6.07) is 11.3. The van der Waals surface area contributed by atoms with Gasteiger partial charge >= 0.3 is 5.97 Å². The van der Waals surface area contributed by atoms with Crippen molar-refractivity contribution in [1.82, 2.24) is 9.13 Å². The molecule has 0 radical (unpaired) electrons. The number of thiazole rings is 1. The van der Waals surface area contributed by atoms with Crippen LogP contribution in [-0.4, -0.2) is 21.7 Å². The molecule has 0 fully saturated rings. The van der Waals surface area contributed by atoms with Crippen molar-refractivity contribution in [1.29, 1.82) is 0 Å². The predicted molar refractivity (Wildman–Crippen MR) is 147 cm³/mol. The average molecular weight is 568 g/mol. The van der Waals surface area contributed by atoms with Crippen LogP contribution in [0.15, 0.2) is 69.6 Å². The van der Waals surface area contributed by atoms with Gasteiger partial charge in [0.15, 0.2) is 4.80 Å². The van der Waals surface area contributed by atoms with Gasteiger partial charge in [0.1, 0.15) is 11.6 Å². The first kappa shape index (κ1) is 26.8. The summed E-state index contributed by atoms with van der Waals surface area (Å²) in [7, 11) is 0. The van der Waals surface area contributed by atoms with E-state index in [1.165, 1.54) is 34.1 Å². The highest BCUT2D eigenvalue weighted by atomic mass is 35.5. The molecule has 0 bridgehead atoms. The molecule has 5 rings (SSSR count). The van der Waals surface area contributed by atoms with Gasteiger partial charge in [0.05, 0.1) is 33.5 Å². The maximum Gasteiger partial charge on any atom is 0.338 e. The van der Waals surface area contributed by atoms with E-state index < -0.39 is 23.6 Å². The summed E-state index contributed by atoms with van der Waals surface area (Å²) in [5.74, 6) is -1.51. The van der Waals surface area contributed by atoms with Gasteiger partial charge in [0.25, 0.3) is 5.56 Å². The number of hydrogen-bond donors (Lipinski definition) is 0. The van der Waals surface area contributed by atoms with Crippen LogP contribution in [-0.2, 0) is 9.53 Å². The molecular weight excluding hydrogens is 544 g/mol. The van der Waals surface area contributed by atoms with Gasteiger partial charge in [-0.05, 0) is 81.3 Å². The van der Waals surface area contributed by atoms with E-state index in [0.717, 1.165) is 17.0 Å². The summed E-state index contributed by atoms with van der Waals surface area (Å²) in [6.45, 7) is 7.36. The van der Waals surface area contributed by atoms with Crippen LogP contribution in [0.2, 0.25) is 5.02 Å². The van der Waals surface area contributed by atoms with Crippen molar-refractivity contribution in [2.75, 3.05) is 6.61 Å². The van der Waals surface area contributed by atoms with Gasteiger partial charge in [-0.3, -0.25) is 9.36 Å². The van der Waals surface area contributed by atoms with E-state index in [2.05, 4.69) is 4.99 Å². The Bertz CT molecular complexity index is 1830. The summed E-state index contributed by atoms with van der Waals surface area (Å²) >= 11 is 7.22. The molecule has 0 aliphatic carbocycles. The van der Waals surface area contributed by atoms with E-state index in [4.69, 9.17) is 16.3 Å². The van der Waals surface area contributed by atoms with Gasteiger partial charge in [-0.1, -0.05) is 35.1 Å². The Morgan fingerprint density at radius 1 is 1.13 bits per heavy atom. The first-order chi connectivity index (χ1) is 18.6. The fraction of sp³-hybridized carbons (Fsp3) is 0.207. The Morgan fingerprint density at radius 3 is 2.51 bits per heavy atom. The number of rotatable bonds is 5. The van der Waals surface area contributed by atoms with Gasteiger partial charge < -0.3 is 9.30 Å². The largest absolute Gasteiger partial charge is 0.463 e. The van der Waals surface area contributed by atoms with E-state index in [-0.39, 0.29) is 22.8 Å². The van der Waals surface area contributed by atoms with E-state index in [1.54, 1.807) is 44.2 Å². The molecule has 0 N–H and O–H groups in total. The molecule has 0 amide bonds. The number of carbonyl (C=O) groups excluding carboxylic acids is 1. The van der Waals surface area contributed by atoms with E-state index >= 15 is 0 Å². The van der Waals surface area contributed by atoms with Crippen LogP contribution < -0.4 is 14.9 Å². The van der Waals surface area contributed by atoms with Gasteiger partial charge in [-0.15, -0.1) is 0 Å². The van der Waals surface area contributed by atoms with Crippen molar-refractivity contribution in [3.05, 3.63) is 119 Å². The number of esters is 1. The van der Waals surface area contributed by atoms with Crippen molar-refractivity contribution in [3.8, 4) is 5.69 Å². The zero-order valence-electron chi connectivity index (χ0n) is 21.6. The van der Waals surface area contributed by atoms with Crippen LogP contribution in [0.1, 0.15) is 42.4 Å². The standard InChI is InChI=1S/C29H24ClF2N3O3S/c1-5-38-28(37)25-16(3)33-29-35(26(25)18-6-8-20(31)9-7-18)27(36)24(39-29)13-19-12-15(2)34(17(19)4)21-10-11-23(32)22(30)14-21/h6-14,26H,5H2,1-4H3/b24-13+/t26-/m0/s1. The number of benzene rings is 2. The molecule has 10 heteroatoms. The molecule has 1 atom stereocenters. The molecule has 0 spiro atoms. The van der Waals surface area contributed by atoms with Crippen LogP contribution in [0.4, 0.5) is 8.78 Å². The van der Waals surface area contributed by atoms with Gasteiger partial charge in [0.2, 0.25) is 0 Å². The molecule has 0 saturated heterocycles. The number of fused-ring (bicyclic) bond motifs is 1. The first-order valence-electron chi connectivity index (χ1n) is 12.2. The lowest BCUT2D eigenvalue weighted by atomic mass is 9.96. The number of carbonyl (C=O) groups is 1. The Labute approximate surface area is 231 Å². The topological polar surface area (TPSA) is 65.6 Å². The van der Waals surface area contributed by atoms with Crippen LogP contribution in [0, 0.1) is 25.5 Å². The number of ether oxygens (including phenoxy) is 1. The number of allylic oxidation sites excluding steroid dienone is 1. The van der Waals surface area contributed by atoms with Crippen LogP contribution >= 0.6 is 22.9 Å². The number of aryl methyl sites for hydroxylation is 1. The summed E-state index contributed by atoms with van der Waals surface area (Å²) in [5, 5.41) is 0.0171. The molecule has 3 heterocycles. The Morgan fingerprint density at radius 2 is 1.85 bits per heavy atom. The molecular formula is C29H24ClF2N3O3S. The Kier molecular flexibility index (Phi) is 7.13. The number of aromatic nitrogens is 2. The maximum atomic E-state index is 13.8. The molecule has 6 nitrogen and oxygen atoms in total. The second-order valence-corrected chi connectivity index (χ2v) is 10.5. The van der Waals surface area contributed by atoms with Crippen molar-refractivity contribution in [2.24, 2.45) is 4.99 Å². The van der Waals surface area contributed by atoms with Crippen molar-refractivity contribution in [3.63, 3.8) is 0 Å². The molecule has 200 valence electrons. The highest BCUT2D eigenvalue weighted by molar-refractivity contribution is 7.07. The third-order valence-corrected chi connectivity index (χ3v) is 7.89. The quantitative estimate of drug-likeness (QED) is 0.314. The molecule has 4 aromatic rings. The summed E-state index contributed by atoms with van der Waals surface area (Å²) in [5.41, 5.74) is 4.08. The lowest BCUT2D eigenvalue weighted by Gasteiger charge is -2.24. The van der Waals surface area contributed by atoms with E-state index in [9.17, 15) is 18.4 Å². The molecule has 2 aromatic heterocycles. The zero-order valence-corrected chi connectivity index (χ0v) is 23.2. The minimum atomic E-state index is -0.822. The van der Waals surface area contributed by atoms with Gasteiger partial charge in [-0.2, -0.15) is 0 Å². The van der Waals surface area contributed by atoms with E-state index in [1.807, 2.05) is 24.5 Å². The fourth-order valence-electron chi connectivity index (χ4n) is 4.85. The molecule has 39 heavy (non-hydrogen) atoms. The number of halogens is 3. The molecule has 0 unspecified atom stereocenters. The van der Waals surface area contributed by atoms with Crippen LogP contribution in [0.5, 0.6) is 0 Å². The maximum absolute atomic E-state index is 13.8. The number of hydrogen-bond acceptors (Lipinski definition) is 5. The normalized spacial score (nSPS) is 15.4. The highest BCUT2D eigenvalue weighted by Crippen LogP contribution is 2.31. The van der Waals surface area contributed by atoms with Crippen molar-refractivity contribution < 1.29 is 18.3 Å². The van der Waals surface area contributed by atoms with Crippen molar-refractivity contribution >= 4 is 35.0 Å². The highest BCUT2D eigenvalue weighted by Gasteiger charge is 2.33. The minimum Gasteiger partial charge on any atom is -0.463 e. The van der Waals surface area contributed by atoms with Crippen molar-refractivity contribution in [2.45, 2.75) is 33.7 Å². The first-order valence-corrected chi connectivity index (χ1v) is 13.4. The Hall–Kier alpha value is -3.82. The summed E-state index contributed by atoms with van der Waals surface area (Å²) < 4.78 is 36.6. The lowest BCUT2D eigenvalue weighted by molar-refractivity contribution is -0.139. The lowest BCUT2D eigenvalue weighted by Crippen LogP contribution is -2.39. The SMILES string of the molecule is CCOC(=O)C1=C(C)N=c2s/c(=C/c3cc(C)n(-c4ccc(F)c(Cl)c4)c3C)c(=O)n2[C@H]1c1ccc(F)cc1. The monoisotopic (exact) mass is 567 g/mol. The fourth-order valence-corrected chi connectivity index (χ4v) is 6.06. The minimum absolute atomic E-state index is 0.0171. The molecule has 0 saturated carbocycles. The average Bonchev–Trinajstić information content (AvgIpc) is 3.35. The van der Waals surface area contributed by atoms with Gasteiger partial charge in [-0.25, -0.2) is 18.6 Å². The van der Waals surface area contributed by atoms with Crippen LogP contribution in [0.3, 0.4) is 0 Å². The predicted octanol–water partition coefficient (Wildman–Crippen LogP) is 5.14. The molecule has 1 aliphatic rings. The molecule has 1 aliphatic heterocycles. The summed E-state index contributed by atoms with van der Waals surface area (Å²) in [4.78, 5) is 31.8. The van der Waals surface area contributed by atoms with Crippen LogP contribution in [0.25, 0.3) is 11.8 Å². The second kappa shape index (κ2) is 10.4. The third kappa shape index (κ3) is 4.77. The summed E-state index contributed by atoms with van der Waals surface area (Å²) in [6.07, 6.45) is 1.78. The Balaban J connectivity index is 1.68. The third-order valence-electron chi connectivity index (χ3n) is 6.62. The second-order valence-electron chi connectivity index (χ2n) is 9.11. The molecule has 2 aromatic carbocycles. The zero-order chi connectivity index (χ0) is 28.0. The number of nitrogens with zero attached hydrogens (tertiary/aromatic N) is 3.